The van der Waals surface area contributed by atoms with Crippen LogP contribution in [0.15, 0.2) is 66.7 Å². The molecule has 37 heavy (non-hydrogen) atoms. The maximum absolute atomic E-state index is 13.0. The third-order valence-corrected chi connectivity index (χ3v) is 5.95. The molecule has 190 valence electrons. The second-order valence-corrected chi connectivity index (χ2v) is 8.58. The number of ether oxygens (including phenoxy) is 1. The van der Waals surface area contributed by atoms with Gasteiger partial charge >= 0.3 is 12.1 Å². The van der Waals surface area contributed by atoms with E-state index in [2.05, 4.69) is 4.98 Å². The van der Waals surface area contributed by atoms with Gasteiger partial charge in [0.15, 0.2) is 0 Å². The Morgan fingerprint density at radius 3 is 2.41 bits per heavy atom. The number of H-pyrrole nitrogens is 1. The zero-order valence-electron chi connectivity index (χ0n) is 20.6. The highest BCUT2D eigenvalue weighted by molar-refractivity contribution is 5.95. The summed E-state index contributed by atoms with van der Waals surface area (Å²) < 4.78 is 5.69. The van der Waals surface area contributed by atoms with Gasteiger partial charge in [-0.2, -0.15) is 0 Å². The van der Waals surface area contributed by atoms with Crippen LogP contribution < -0.4 is 20.3 Å². The van der Waals surface area contributed by atoms with E-state index in [0.717, 1.165) is 17.0 Å². The van der Waals surface area contributed by atoms with E-state index in [0.29, 0.717) is 34.6 Å². The predicted octanol–water partition coefficient (Wildman–Crippen LogP) is 4.27. The first kappa shape index (κ1) is 25.2. The number of anilines is 2. The Morgan fingerprint density at radius 2 is 1.76 bits per heavy atom. The Bertz CT molecular complexity index is 1430. The molecule has 0 atom stereocenters. The SMILES string of the molecule is Cc1c(OC(=O)N(CCC(=O)O)c2ccccc2)ccc2[nH]c(CN(C)c3ccc(C(=N)N)cc3)nc12. The van der Waals surface area contributed by atoms with Crippen molar-refractivity contribution in [3.8, 4) is 5.75 Å². The van der Waals surface area contributed by atoms with Crippen molar-refractivity contribution < 1.29 is 19.4 Å². The average molecular weight is 501 g/mol. The van der Waals surface area contributed by atoms with Gasteiger partial charge in [-0.3, -0.25) is 15.1 Å². The van der Waals surface area contributed by atoms with Crippen molar-refractivity contribution >= 4 is 40.3 Å². The van der Waals surface area contributed by atoms with Gasteiger partial charge in [-0.1, -0.05) is 18.2 Å². The van der Waals surface area contributed by atoms with Crippen LogP contribution in [0, 0.1) is 12.3 Å². The number of carboxylic acid groups (broad SMARTS) is 1. The molecule has 1 heterocycles. The molecule has 4 aromatic rings. The Kier molecular flexibility index (Phi) is 7.38. The number of amides is 1. The van der Waals surface area contributed by atoms with Crippen LogP contribution in [0.4, 0.5) is 16.2 Å². The van der Waals surface area contributed by atoms with E-state index >= 15 is 0 Å². The van der Waals surface area contributed by atoms with Crippen LogP contribution in [0.3, 0.4) is 0 Å². The highest BCUT2D eigenvalue weighted by Crippen LogP contribution is 2.28. The summed E-state index contributed by atoms with van der Waals surface area (Å²) in [5.41, 5.74) is 9.86. The molecule has 0 saturated carbocycles. The number of aryl methyl sites for hydroxylation is 1. The molecule has 5 N–H and O–H groups in total. The summed E-state index contributed by atoms with van der Waals surface area (Å²) in [6.07, 6.45) is -0.880. The smallest absolute Gasteiger partial charge is 0.419 e. The number of nitrogen functional groups attached to an aromatic ring is 1. The Morgan fingerprint density at radius 1 is 1.05 bits per heavy atom. The summed E-state index contributed by atoms with van der Waals surface area (Å²) in [5.74, 6) is 0.0921. The summed E-state index contributed by atoms with van der Waals surface area (Å²) in [5, 5.41) is 16.6. The fourth-order valence-electron chi connectivity index (χ4n) is 3.93. The largest absolute Gasteiger partial charge is 0.481 e. The lowest BCUT2D eigenvalue weighted by molar-refractivity contribution is -0.136. The van der Waals surface area contributed by atoms with E-state index in [4.69, 9.17) is 26.0 Å². The number of hydrogen-bond acceptors (Lipinski definition) is 6. The Labute approximate surface area is 213 Å². The Hall–Kier alpha value is -4.86. The molecule has 0 bridgehead atoms. The van der Waals surface area contributed by atoms with Crippen LogP contribution in [0.2, 0.25) is 0 Å². The number of aromatic amines is 1. The van der Waals surface area contributed by atoms with E-state index in [1.54, 1.807) is 48.5 Å². The van der Waals surface area contributed by atoms with Crippen molar-refractivity contribution in [1.29, 1.82) is 5.41 Å². The molecule has 1 aromatic heterocycles. The molecule has 1 amide bonds. The number of nitrogens with zero attached hydrogens (tertiary/aromatic N) is 3. The van der Waals surface area contributed by atoms with Crippen LogP contribution >= 0.6 is 0 Å². The van der Waals surface area contributed by atoms with Gasteiger partial charge in [-0.25, -0.2) is 9.78 Å². The van der Waals surface area contributed by atoms with Crippen molar-refractivity contribution in [2.24, 2.45) is 5.73 Å². The zero-order valence-corrected chi connectivity index (χ0v) is 20.6. The van der Waals surface area contributed by atoms with E-state index < -0.39 is 12.1 Å². The quantitative estimate of drug-likeness (QED) is 0.198. The molecule has 0 aliphatic heterocycles. The zero-order chi connectivity index (χ0) is 26.5. The maximum Gasteiger partial charge on any atom is 0.419 e. The number of nitrogens with one attached hydrogen (secondary N) is 2. The lowest BCUT2D eigenvalue weighted by Gasteiger charge is -2.22. The molecule has 0 saturated heterocycles. The molecular formula is C27H28N6O4. The normalized spacial score (nSPS) is 10.8. The van der Waals surface area contributed by atoms with Crippen LogP contribution in [0.1, 0.15) is 23.4 Å². The highest BCUT2D eigenvalue weighted by atomic mass is 16.6. The number of hydrogen-bond donors (Lipinski definition) is 4. The first-order valence-electron chi connectivity index (χ1n) is 11.6. The number of aliphatic carboxylic acids is 1. The van der Waals surface area contributed by atoms with E-state index in [1.807, 2.05) is 37.1 Å². The highest BCUT2D eigenvalue weighted by Gasteiger charge is 2.21. The summed E-state index contributed by atoms with van der Waals surface area (Å²) >= 11 is 0. The maximum atomic E-state index is 13.0. The topological polar surface area (TPSA) is 149 Å². The van der Waals surface area contributed by atoms with Crippen molar-refractivity contribution in [3.63, 3.8) is 0 Å². The predicted molar refractivity (Wildman–Crippen MR) is 142 cm³/mol. The minimum atomic E-state index is -1.00. The third-order valence-electron chi connectivity index (χ3n) is 5.95. The lowest BCUT2D eigenvalue weighted by atomic mass is 10.2. The fourth-order valence-corrected chi connectivity index (χ4v) is 3.93. The minimum absolute atomic E-state index is 0.0206. The van der Waals surface area contributed by atoms with Crippen LogP contribution in [0.5, 0.6) is 5.75 Å². The number of aromatic nitrogens is 2. The first-order valence-corrected chi connectivity index (χ1v) is 11.6. The van der Waals surface area contributed by atoms with Crippen LogP contribution in [0.25, 0.3) is 11.0 Å². The molecular weight excluding hydrogens is 472 g/mol. The number of imidazole rings is 1. The average Bonchev–Trinajstić information content (AvgIpc) is 3.29. The molecule has 0 spiro atoms. The fraction of sp³-hybridized carbons (Fsp3) is 0.185. The van der Waals surface area contributed by atoms with Crippen LogP contribution in [-0.4, -0.2) is 46.6 Å². The molecule has 0 unspecified atom stereocenters. The monoisotopic (exact) mass is 500 g/mol. The van der Waals surface area contributed by atoms with Gasteiger partial charge in [-0.15, -0.1) is 0 Å². The number of para-hydroxylation sites is 1. The van der Waals surface area contributed by atoms with Gasteiger partial charge in [-0.05, 0) is 55.5 Å². The number of carbonyl (C=O) groups excluding carboxylic acids is 1. The van der Waals surface area contributed by atoms with E-state index in [1.165, 1.54) is 4.90 Å². The Balaban J connectivity index is 1.52. The van der Waals surface area contributed by atoms with Crippen molar-refractivity contribution in [1.82, 2.24) is 9.97 Å². The van der Waals surface area contributed by atoms with Gasteiger partial charge in [0.1, 0.15) is 17.4 Å². The van der Waals surface area contributed by atoms with Crippen molar-refractivity contribution in [2.45, 2.75) is 19.9 Å². The van der Waals surface area contributed by atoms with E-state index in [9.17, 15) is 9.59 Å². The lowest BCUT2D eigenvalue weighted by Crippen LogP contribution is -2.35. The van der Waals surface area contributed by atoms with Crippen LogP contribution in [-0.2, 0) is 11.3 Å². The number of benzene rings is 3. The molecule has 0 aliphatic carbocycles. The number of carbonyl (C=O) groups is 2. The number of nitrogens with two attached hydrogens (primary N) is 1. The standard InChI is InChI=1S/C27H28N6O4/c1-17-22(37-27(36)33(15-14-24(34)35)20-6-4-3-5-7-20)13-12-21-25(17)31-23(30-21)16-32(2)19-10-8-18(9-11-19)26(28)29/h3-13H,14-16H2,1-2H3,(H3,28,29)(H,30,31)(H,34,35). The summed E-state index contributed by atoms with van der Waals surface area (Å²) in [6.45, 7) is 2.30. The molecule has 4 rings (SSSR count). The first-order chi connectivity index (χ1) is 17.7. The second kappa shape index (κ2) is 10.8. The summed E-state index contributed by atoms with van der Waals surface area (Å²) in [7, 11) is 1.94. The van der Waals surface area contributed by atoms with Gasteiger partial charge in [0, 0.05) is 36.1 Å². The summed E-state index contributed by atoms with van der Waals surface area (Å²) in [6, 6.07) is 19.7. The molecule has 0 fully saturated rings. The van der Waals surface area contributed by atoms with Gasteiger partial charge in [0.25, 0.3) is 0 Å². The van der Waals surface area contributed by atoms with Gasteiger partial charge in [0.05, 0.1) is 24.0 Å². The van der Waals surface area contributed by atoms with Gasteiger partial charge in [0.2, 0.25) is 0 Å². The minimum Gasteiger partial charge on any atom is -0.481 e. The third kappa shape index (κ3) is 5.87. The number of rotatable bonds is 9. The van der Waals surface area contributed by atoms with E-state index in [-0.39, 0.29) is 18.8 Å². The van der Waals surface area contributed by atoms with Crippen molar-refractivity contribution in [2.75, 3.05) is 23.4 Å². The molecule has 10 heteroatoms. The number of fused-ring (bicyclic) bond motifs is 1. The molecule has 0 radical (unpaired) electrons. The number of carboxylic acids is 1. The van der Waals surface area contributed by atoms with Crippen molar-refractivity contribution in [3.05, 3.63) is 83.7 Å². The molecule has 10 nitrogen and oxygen atoms in total. The van der Waals surface area contributed by atoms with Gasteiger partial charge < -0.3 is 25.5 Å². The molecule has 3 aromatic carbocycles. The number of amidine groups is 1. The summed E-state index contributed by atoms with van der Waals surface area (Å²) in [4.78, 5) is 35.5. The molecule has 0 aliphatic rings. The second-order valence-electron chi connectivity index (χ2n) is 8.58.